The molecule has 0 saturated heterocycles. The third-order valence-corrected chi connectivity index (χ3v) is 8.71. The number of aliphatic hydroxyl groups is 1. The van der Waals surface area contributed by atoms with Crippen LogP contribution in [0.15, 0.2) is 94.5 Å². The Morgan fingerprint density at radius 1 is 1.05 bits per heavy atom. The number of aromatic nitrogens is 2. The summed E-state index contributed by atoms with van der Waals surface area (Å²) >= 11 is 14.7. The second kappa shape index (κ2) is 11.7. The van der Waals surface area contributed by atoms with Crippen LogP contribution < -0.4 is 4.90 Å². The van der Waals surface area contributed by atoms with Crippen LogP contribution in [-0.2, 0) is 15.3 Å². The highest BCUT2D eigenvalue weighted by molar-refractivity contribution is 8.00. The van der Waals surface area contributed by atoms with Gasteiger partial charge in [0.2, 0.25) is 5.13 Å². The number of nitrogens with zero attached hydrogens (tertiary/aromatic N) is 3. The molecular weight excluding hydrogens is 580 g/mol. The number of carbonyl (C=O) groups is 2. The number of thioether (sulfide) groups is 1. The molecule has 5 rings (SSSR count). The highest BCUT2D eigenvalue weighted by Gasteiger charge is 2.45. The number of allylic oxidation sites excluding steroid dienone is 1. The van der Waals surface area contributed by atoms with Gasteiger partial charge in [-0.2, -0.15) is 0 Å². The van der Waals surface area contributed by atoms with Gasteiger partial charge in [-0.15, -0.1) is 10.2 Å². The van der Waals surface area contributed by atoms with E-state index in [0.29, 0.717) is 26.2 Å². The number of ketones is 1. The minimum absolute atomic E-state index is 0.124. The Morgan fingerprint density at radius 3 is 2.54 bits per heavy atom. The van der Waals surface area contributed by atoms with Crippen LogP contribution >= 0.6 is 46.3 Å². The summed E-state index contributed by atoms with van der Waals surface area (Å²) in [7, 11) is 0. The summed E-state index contributed by atoms with van der Waals surface area (Å²) in [6.07, 6.45) is 2.90. The van der Waals surface area contributed by atoms with Crippen LogP contribution in [0.5, 0.6) is 0 Å². The van der Waals surface area contributed by atoms with Crippen molar-refractivity contribution in [1.82, 2.24) is 10.2 Å². The van der Waals surface area contributed by atoms with Crippen molar-refractivity contribution in [3.63, 3.8) is 0 Å². The average molecular weight is 599 g/mol. The predicted octanol–water partition coefficient (Wildman–Crippen LogP) is 7.46. The first-order chi connectivity index (χ1) is 18.8. The zero-order valence-electron chi connectivity index (χ0n) is 19.9. The minimum atomic E-state index is -1.03. The average Bonchev–Trinajstić information content (AvgIpc) is 3.51. The van der Waals surface area contributed by atoms with Gasteiger partial charge in [-0.25, -0.2) is 4.39 Å². The molecule has 0 spiro atoms. The highest BCUT2D eigenvalue weighted by atomic mass is 35.5. The van der Waals surface area contributed by atoms with Gasteiger partial charge in [-0.1, -0.05) is 107 Å². The molecule has 0 bridgehead atoms. The fourth-order valence-corrected chi connectivity index (χ4v) is 6.15. The van der Waals surface area contributed by atoms with Crippen LogP contribution in [0.2, 0.25) is 10.0 Å². The molecule has 39 heavy (non-hydrogen) atoms. The Hall–Kier alpha value is -3.50. The van der Waals surface area contributed by atoms with E-state index in [1.807, 2.05) is 30.3 Å². The molecule has 0 fully saturated rings. The molecule has 0 aliphatic carbocycles. The lowest BCUT2D eigenvalue weighted by molar-refractivity contribution is -0.117. The number of hydrogen-bond acceptors (Lipinski definition) is 7. The molecule has 1 N–H and O–H groups in total. The molecule has 1 atom stereocenters. The molecule has 2 heterocycles. The lowest BCUT2D eigenvalue weighted by Crippen LogP contribution is -2.30. The molecule has 1 aromatic heterocycles. The molecule has 1 unspecified atom stereocenters. The standard InChI is InChI=1S/C28H18Cl2FN3O3S2/c29-19-12-11-17(14-20(19)30)24-23(22(35)13-10-16-6-2-1-3-7-16)25(36)26(37)34(24)27-32-33-28(39-27)38-15-18-8-4-5-9-21(18)31/h1-14,24,36H,15H2/b13-10+. The van der Waals surface area contributed by atoms with E-state index in [1.54, 1.807) is 36.4 Å². The minimum Gasteiger partial charge on any atom is -0.503 e. The number of halogens is 3. The summed E-state index contributed by atoms with van der Waals surface area (Å²) in [5.41, 5.74) is 1.61. The van der Waals surface area contributed by atoms with E-state index < -0.39 is 23.5 Å². The quantitative estimate of drug-likeness (QED) is 0.129. The molecule has 196 valence electrons. The van der Waals surface area contributed by atoms with E-state index in [9.17, 15) is 19.1 Å². The maximum absolute atomic E-state index is 14.0. The Labute approximate surface area is 241 Å². The Bertz CT molecular complexity index is 1630. The van der Waals surface area contributed by atoms with Crippen LogP contribution in [0.25, 0.3) is 6.08 Å². The molecular formula is C28H18Cl2FN3O3S2. The molecule has 1 aliphatic heterocycles. The lowest BCUT2D eigenvalue weighted by atomic mass is 9.96. The third-order valence-electron chi connectivity index (χ3n) is 5.87. The Morgan fingerprint density at radius 2 is 1.79 bits per heavy atom. The molecule has 0 radical (unpaired) electrons. The lowest BCUT2D eigenvalue weighted by Gasteiger charge is -2.24. The van der Waals surface area contributed by atoms with Crippen LogP contribution in [-0.4, -0.2) is 27.0 Å². The fraction of sp³-hybridized carbons (Fsp3) is 0.0714. The number of hydrogen-bond donors (Lipinski definition) is 1. The van der Waals surface area contributed by atoms with E-state index in [1.165, 1.54) is 34.9 Å². The van der Waals surface area contributed by atoms with E-state index in [4.69, 9.17) is 23.2 Å². The van der Waals surface area contributed by atoms with Gasteiger partial charge in [0.1, 0.15) is 5.82 Å². The number of aliphatic hydroxyl groups excluding tert-OH is 1. The SMILES string of the molecule is O=C(/C=C/c1ccccc1)C1=C(O)C(=O)N(c2nnc(SCc3ccccc3F)s2)C1c1ccc(Cl)c(Cl)c1. The first-order valence-electron chi connectivity index (χ1n) is 11.5. The van der Waals surface area contributed by atoms with Crippen molar-refractivity contribution in [2.45, 2.75) is 16.1 Å². The van der Waals surface area contributed by atoms with Crippen molar-refractivity contribution >= 4 is 69.2 Å². The van der Waals surface area contributed by atoms with Crippen molar-refractivity contribution in [3.8, 4) is 0 Å². The summed E-state index contributed by atoms with van der Waals surface area (Å²) in [4.78, 5) is 27.9. The van der Waals surface area contributed by atoms with Crippen molar-refractivity contribution < 1.29 is 19.1 Å². The largest absolute Gasteiger partial charge is 0.503 e. The monoisotopic (exact) mass is 597 g/mol. The van der Waals surface area contributed by atoms with Crippen molar-refractivity contribution in [1.29, 1.82) is 0 Å². The maximum Gasteiger partial charge on any atom is 0.296 e. The van der Waals surface area contributed by atoms with Crippen molar-refractivity contribution in [2.75, 3.05) is 4.90 Å². The molecule has 0 saturated carbocycles. The third kappa shape index (κ3) is 5.77. The summed E-state index contributed by atoms with van der Waals surface area (Å²) in [6.45, 7) is 0. The van der Waals surface area contributed by atoms with Gasteiger partial charge in [-0.05, 0) is 41.0 Å². The fourth-order valence-electron chi connectivity index (χ4n) is 3.99. The van der Waals surface area contributed by atoms with Gasteiger partial charge in [0.15, 0.2) is 15.9 Å². The van der Waals surface area contributed by atoms with Crippen LogP contribution in [0.1, 0.15) is 22.7 Å². The van der Waals surface area contributed by atoms with Gasteiger partial charge < -0.3 is 5.11 Å². The van der Waals surface area contributed by atoms with E-state index in [-0.39, 0.29) is 21.5 Å². The van der Waals surface area contributed by atoms with Gasteiger partial charge in [0.05, 0.1) is 21.7 Å². The number of benzene rings is 3. The van der Waals surface area contributed by atoms with E-state index in [2.05, 4.69) is 10.2 Å². The molecule has 1 aliphatic rings. The normalized spacial score (nSPS) is 15.5. The van der Waals surface area contributed by atoms with E-state index >= 15 is 0 Å². The number of rotatable bonds is 8. The molecule has 6 nitrogen and oxygen atoms in total. The second-order valence-electron chi connectivity index (χ2n) is 8.35. The van der Waals surface area contributed by atoms with Crippen LogP contribution in [0.3, 0.4) is 0 Å². The van der Waals surface area contributed by atoms with Crippen LogP contribution in [0, 0.1) is 5.82 Å². The van der Waals surface area contributed by atoms with Crippen molar-refractivity contribution in [2.24, 2.45) is 0 Å². The Balaban J connectivity index is 1.48. The molecule has 3 aromatic carbocycles. The van der Waals surface area contributed by atoms with Gasteiger partial charge >= 0.3 is 0 Å². The van der Waals surface area contributed by atoms with Crippen LogP contribution in [0.4, 0.5) is 9.52 Å². The molecule has 4 aromatic rings. The summed E-state index contributed by atoms with van der Waals surface area (Å²) < 4.78 is 14.5. The Kier molecular flexibility index (Phi) is 8.13. The van der Waals surface area contributed by atoms with Gasteiger partial charge in [0.25, 0.3) is 5.91 Å². The first kappa shape index (κ1) is 27.1. The number of amides is 1. The second-order valence-corrected chi connectivity index (χ2v) is 11.3. The molecule has 1 amide bonds. The smallest absolute Gasteiger partial charge is 0.296 e. The summed E-state index contributed by atoms with van der Waals surface area (Å²) in [5.74, 6) is -2.07. The number of carbonyl (C=O) groups excluding carboxylic acids is 2. The van der Waals surface area contributed by atoms with Gasteiger partial charge in [0, 0.05) is 5.75 Å². The zero-order valence-corrected chi connectivity index (χ0v) is 23.1. The van der Waals surface area contributed by atoms with Crippen molar-refractivity contribution in [3.05, 3.63) is 123 Å². The molecule has 11 heteroatoms. The summed E-state index contributed by atoms with van der Waals surface area (Å²) in [6, 6.07) is 19.3. The van der Waals surface area contributed by atoms with Gasteiger partial charge in [-0.3, -0.25) is 14.5 Å². The van der Waals surface area contributed by atoms with E-state index in [0.717, 1.165) is 16.9 Å². The first-order valence-corrected chi connectivity index (χ1v) is 14.1. The zero-order chi connectivity index (χ0) is 27.5. The summed E-state index contributed by atoms with van der Waals surface area (Å²) in [5, 5.41) is 19.9. The predicted molar refractivity (Wildman–Crippen MR) is 153 cm³/mol. The number of anilines is 1. The topological polar surface area (TPSA) is 83.4 Å². The maximum atomic E-state index is 14.0. The highest BCUT2D eigenvalue weighted by Crippen LogP contribution is 2.44.